The molecule has 0 spiro atoms. The van der Waals surface area contributed by atoms with Gasteiger partial charge in [0.25, 0.3) is 0 Å². The van der Waals surface area contributed by atoms with Crippen molar-refractivity contribution in [3.8, 4) is 16.8 Å². The number of hydrogen-bond donors (Lipinski definition) is 0. The van der Waals surface area contributed by atoms with Crippen molar-refractivity contribution in [1.29, 1.82) is 0 Å². The molecule has 0 radical (unpaired) electrons. The number of benzene rings is 9. The topological polar surface area (TPSA) is 17.3 Å². The second-order valence-electron chi connectivity index (χ2n) is 15.2. The monoisotopic (exact) mass is 726 g/mol. The van der Waals surface area contributed by atoms with Gasteiger partial charge >= 0.3 is 0 Å². The van der Waals surface area contributed by atoms with Gasteiger partial charge < -0.3 is 4.57 Å². The van der Waals surface area contributed by atoms with Crippen LogP contribution in [-0.2, 0) is 6.42 Å². The zero-order valence-corrected chi connectivity index (χ0v) is 31.7. The molecule has 0 N–H and O–H groups in total. The van der Waals surface area contributed by atoms with Gasteiger partial charge in [0.1, 0.15) is 0 Å². The van der Waals surface area contributed by atoms with Crippen molar-refractivity contribution in [3.05, 3.63) is 222 Å². The lowest BCUT2D eigenvalue weighted by atomic mass is 9.91. The lowest BCUT2D eigenvalue weighted by molar-refractivity contribution is 1.18. The van der Waals surface area contributed by atoms with Gasteiger partial charge in [-0.1, -0.05) is 164 Å². The SMILES string of the molecule is C=C(N=C1/C(=C(\C)c2ccc3c4ccccc4c4ccccc4c3c2)Cc2cc(-c3cccc(-n4c5ccccc5c5ccccc54)c3)ccc21)c1ccccc1. The molecular weight excluding hydrogens is 689 g/mol. The lowest BCUT2D eigenvalue weighted by Gasteiger charge is -2.14. The first-order chi connectivity index (χ1) is 28.1. The maximum atomic E-state index is 5.34. The van der Waals surface area contributed by atoms with Crippen molar-refractivity contribution in [2.75, 3.05) is 0 Å². The summed E-state index contributed by atoms with van der Waals surface area (Å²) in [7, 11) is 0. The van der Waals surface area contributed by atoms with Crippen LogP contribution in [0.4, 0.5) is 0 Å². The van der Waals surface area contributed by atoms with Crippen LogP contribution in [0.3, 0.4) is 0 Å². The largest absolute Gasteiger partial charge is 0.309 e. The smallest absolute Gasteiger partial charge is 0.0750 e. The highest BCUT2D eigenvalue weighted by molar-refractivity contribution is 6.26. The molecule has 0 atom stereocenters. The quantitative estimate of drug-likeness (QED) is 0.157. The Morgan fingerprint density at radius 3 is 1.70 bits per heavy atom. The number of aliphatic imine (C=N–C) groups is 1. The Balaban J connectivity index is 1.05. The zero-order valence-electron chi connectivity index (χ0n) is 31.7. The van der Waals surface area contributed by atoms with Crippen LogP contribution in [0.25, 0.3) is 82.2 Å². The Morgan fingerprint density at radius 2 is 1.04 bits per heavy atom. The van der Waals surface area contributed by atoms with Gasteiger partial charge in [-0.05, 0) is 109 Å². The number of aromatic nitrogens is 1. The van der Waals surface area contributed by atoms with E-state index in [1.54, 1.807) is 0 Å². The summed E-state index contributed by atoms with van der Waals surface area (Å²) in [5.41, 5.74) is 14.9. The standard InChI is InChI=1S/C55H38N2/c1-35(38-27-30-48-46-21-7-6-19-44(46)45-20-8-9-22-47(45)52(48)33-38)51-34-41-31-40(28-29-43(41)55(51)56-36(2)37-15-4-3-5-16-37)39-17-14-18-42(32-39)57-53-25-12-10-23-49(53)50-24-11-13-26-54(50)57/h3-33H,2,34H2,1H3/b51-35+,56-55?. The van der Waals surface area contributed by atoms with E-state index in [0.717, 1.165) is 29.1 Å². The third kappa shape index (κ3) is 5.37. The molecule has 0 saturated heterocycles. The first-order valence-electron chi connectivity index (χ1n) is 19.7. The summed E-state index contributed by atoms with van der Waals surface area (Å²) < 4.78 is 2.39. The van der Waals surface area contributed by atoms with E-state index in [0.29, 0.717) is 0 Å². The number of allylic oxidation sites excluding steroid dienone is 2. The molecule has 268 valence electrons. The molecule has 0 saturated carbocycles. The molecule has 57 heavy (non-hydrogen) atoms. The minimum atomic E-state index is 0.766. The highest BCUT2D eigenvalue weighted by Crippen LogP contribution is 2.40. The predicted octanol–water partition coefficient (Wildman–Crippen LogP) is 14.4. The average molecular weight is 727 g/mol. The first-order valence-corrected chi connectivity index (χ1v) is 19.7. The van der Waals surface area contributed by atoms with E-state index in [9.17, 15) is 0 Å². The number of hydrogen-bond acceptors (Lipinski definition) is 1. The number of rotatable bonds is 5. The predicted molar refractivity (Wildman–Crippen MR) is 243 cm³/mol. The van der Waals surface area contributed by atoms with Crippen LogP contribution in [0.5, 0.6) is 0 Å². The fourth-order valence-electron chi connectivity index (χ4n) is 9.20. The minimum absolute atomic E-state index is 0.766. The Kier molecular flexibility index (Phi) is 7.65. The molecule has 0 fully saturated rings. The number of nitrogens with zero attached hydrogens (tertiary/aromatic N) is 2. The summed E-state index contributed by atoms with van der Waals surface area (Å²) in [6.07, 6.45) is 0.791. The molecule has 1 aliphatic rings. The fourth-order valence-corrected chi connectivity index (χ4v) is 9.20. The lowest BCUT2D eigenvalue weighted by Crippen LogP contribution is -2.02. The molecule has 0 unspecified atom stereocenters. The van der Waals surface area contributed by atoms with Crippen molar-refractivity contribution in [2.45, 2.75) is 13.3 Å². The second kappa shape index (κ2) is 13.2. The Morgan fingerprint density at radius 1 is 0.474 bits per heavy atom. The minimum Gasteiger partial charge on any atom is -0.309 e. The van der Waals surface area contributed by atoms with Gasteiger partial charge in [0.2, 0.25) is 0 Å². The fraction of sp³-hybridized carbons (Fsp3) is 0.0364. The molecule has 1 heterocycles. The molecule has 1 aliphatic carbocycles. The summed E-state index contributed by atoms with van der Waals surface area (Å²) in [6.45, 7) is 6.73. The molecule has 2 nitrogen and oxygen atoms in total. The van der Waals surface area contributed by atoms with Crippen LogP contribution in [0.2, 0.25) is 0 Å². The number of fused-ring (bicyclic) bond motifs is 10. The van der Waals surface area contributed by atoms with Gasteiger partial charge in [0.05, 0.1) is 22.4 Å². The van der Waals surface area contributed by atoms with Gasteiger partial charge in [-0.15, -0.1) is 0 Å². The Labute approximate surface area is 332 Å². The maximum absolute atomic E-state index is 5.34. The van der Waals surface area contributed by atoms with E-state index >= 15 is 0 Å². The van der Waals surface area contributed by atoms with Crippen LogP contribution < -0.4 is 0 Å². The summed E-state index contributed by atoms with van der Waals surface area (Å²) in [4.78, 5) is 5.34. The van der Waals surface area contributed by atoms with Crippen LogP contribution in [0.15, 0.2) is 205 Å². The normalized spacial score (nSPS) is 14.3. The molecule has 0 aliphatic heterocycles. The summed E-state index contributed by atoms with van der Waals surface area (Å²) in [5, 5.41) is 10.2. The molecule has 10 aromatic rings. The summed E-state index contributed by atoms with van der Waals surface area (Å²) >= 11 is 0. The van der Waals surface area contributed by atoms with Gasteiger partial charge in [-0.2, -0.15) is 0 Å². The third-order valence-electron chi connectivity index (χ3n) is 12.0. The van der Waals surface area contributed by atoms with Crippen LogP contribution in [0, 0.1) is 0 Å². The molecular formula is C55H38N2. The molecule has 1 aromatic heterocycles. The van der Waals surface area contributed by atoms with Crippen molar-refractivity contribution in [3.63, 3.8) is 0 Å². The molecule has 11 rings (SSSR count). The van der Waals surface area contributed by atoms with Gasteiger partial charge in [-0.3, -0.25) is 0 Å². The van der Waals surface area contributed by atoms with Gasteiger partial charge in [0, 0.05) is 28.4 Å². The van der Waals surface area contributed by atoms with Crippen LogP contribution in [0.1, 0.15) is 29.2 Å². The van der Waals surface area contributed by atoms with Crippen molar-refractivity contribution in [1.82, 2.24) is 4.57 Å². The van der Waals surface area contributed by atoms with Gasteiger partial charge in [0.15, 0.2) is 0 Å². The summed E-state index contributed by atoms with van der Waals surface area (Å²) in [5.74, 6) is 0. The zero-order chi connectivity index (χ0) is 38.0. The first kappa shape index (κ1) is 33.1. The van der Waals surface area contributed by atoms with E-state index in [-0.39, 0.29) is 0 Å². The van der Waals surface area contributed by atoms with Gasteiger partial charge in [-0.25, -0.2) is 4.99 Å². The molecule has 2 heteroatoms. The van der Waals surface area contributed by atoms with E-state index in [2.05, 4.69) is 188 Å². The van der Waals surface area contributed by atoms with E-state index < -0.39 is 0 Å². The van der Waals surface area contributed by atoms with E-state index in [1.165, 1.54) is 93.1 Å². The Bertz CT molecular complexity index is 3250. The molecule has 9 aromatic carbocycles. The summed E-state index contributed by atoms with van der Waals surface area (Å²) in [6, 6.07) is 68.1. The van der Waals surface area contributed by atoms with Crippen LogP contribution in [-0.4, -0.2) is 10.3 Å². The highest BCUT2D eigenvalue weighted by atomic mass is 15.0. The van der Waals surface area contributed by atoms with Crippen molar-refractivity contribution in [2.24, 2.45) is 4.99 Å². The average Bonchev–Trinajstić information content (AvgIpc) is 3.81. The van der Waals surface area contributed by atoms with Crippen molar-refractivity contribution >= 4 is 71.1 Å². The van der Waals surface area contributed by atoms with E-state index in [4.69, 9.17) is 4.99 Å². The third-order valence-corrected chi connectivity index (χ3v) is 12.0. The van der Waals surface area contributed by atoms with Crippen LogP contribution >= 0.6 is 0 Å². The molecule has 0 amide bonds. The highest BCUT2D eigenvalue weighted by Gasteiger charge is 2.27. The van der Waals surface area contributed by atoms with Crippen molar-refractivity contribution < 1.29 is 0 Å². The van der Waals surface area contributed by atoms with E-state index in [1.807, 2.05) is 18.2 Å². The second-order valence-corrected chi connectivity index (χ2v) is 15.2. The Hall–Kier alpha value is -7.29. The maximum Gasteiger partial charge on any atom is 0.0750 e. The molecule has 0 bridgehead atoms. The number of para-hydroxylation sites is 2.